The van der Waals surface area contributed by atoms with Crippen LogP contribution in [0.1, 0.15) is 56.2 Å². The van der Waals surface area contributed by atoms with Crippen molar-refractivity contribution >= 4 is 21.6 Å². The molecule has 2 aromatic rings. The molecule has 0 aliphatic heterocycles. The number of amides is 1. The number of rotatable bonds is 9. The second kappa shape index (κ2) is 9.85. The van der Waals surface area contributed by atoms with E-state index in [0.29, 0.717) is 25.3 Å². The molecule has 0 aromatic heterocycles. The summed E-state index contributed by atoms with van der Waals surface area (Å²) in [5.74, 6) is 0.281. The lowest BCUT2D eigenvalue weighted by molar-refractivity contribution is -0.116. The van der Waals surface area contributed by atoms with E-state index in [1.807, 2.05) is 32.0 Å². The third-order valence-corrected chi connectivity index (χ3v) is 6.08. The highest BCUT2D eigenvalue weighted by atomic mass is 32.2. The van der Waals surface area contributed by atoms with Crippen LogP contribution in [-0.2, 0) is 21.2 Å². The number of carbonyl (C=O) groups excluding carboxylic acids is 1. The second-order valence-corrected chi connectivity index (χ2v) is 9.05. The van der Waals surface area contributed by atoms with Crippen molar-refractivity contribution in [3.63, 3.8) is 0 Å². The Balaban J connectivity index is 1.99. The predicted octanol–water partition coefficient (Wildman–Crippen LogP) is 4.38. The Morgan fingerprint density at radius 1 is 1.07 bits per heavy atom. The summed E-state index contributed by atoms with van der Waals surface area (Å²) in [6.45, 7) is 8.54. The Morgan fingerprint density at radius 2 is 1.75 bits per heavy atom. The highest BCUT2D eigenvalue weighted by Gasteiger charge is 2.14. The number of aryl methyl sites for hydroxylation is 2. The maximum absolute atomic E-state index is 12.4. The van der Waals surface area contributed by atoms with Gasteiger partial charge in [0.05, 0.1) is 4.90 Å². The van der Waals surface area contributed by atoms with Crippen LogP contribution in [0.15, 0.2) is 47.4 Å². The molecule has 1 amide bonds. The zero-order valence-corrected chi connectivity index (χ0v) is 17.9. The van der Waals surface area contributed by atoms with E-state index in [0.717, 1.165) is 28.8 Å². The lowest BCUT2D eigenvalue weighted by Gasteiger charge is -2.16. The molecule has 0 aliphatic carbocycles. The molecule has 6 heteroatoms. The molecule has 0 saturated carbocycles. The minimum absolute atomic E-state index is 0.0440. The molecule has 5 nitrogen and oxygen atoms in total. The lowest BCUT2D eigenvalue weighted by Crippen LogP contribution is -2.24. The summed E-state index contributed by atoms with van der Waals surface area (Å²) in [4.78, 5) is 12.7. The van der Waals surface area contributed by atoms with E-state index < -0.39 is 10.0 Å². The van der Waals surface area contributed by atoms with Crippen molar-refractivity contribution in [2.45, 2.75) is 57.8 Å². The smallest absolute Gasteiger partial charge is 0.240 e. The number of nitrogens with one attached hydrogen (secondary N) is 2. The van der Waals surface area contributed by atoms with E-state index in [1.54, 1.807) is 24.3 Å². The summed E-state index contributed by atoms with van der Waals surface area (Å²) >= 11 is 0. The van der Waals surface area contributed by atoms with E-state index in [4.69, 9.17) is 0 Å². The van der Waals surface area contributed by atoms with Gasteiger partial charge in [-0.1, -0.05) is 51.1 Å². The van der Waals surface area contributed by atoms with Crippen molar-refractivity contribution in [1.29, 1.82) is 0 Å². The first-order valence-electron chi connectivity index (χ1n) is 9.72. The van der Waals surface area contributed by atoms with Crippen LogP contribution in [0.4, 0.5) is 5.69 Å². The quantitative estimate of drug-likeness (QED) is 0.654. The number of benzene rings is 2. The average molecular weight is 403 g/mol. The topological polar surface area (TPSA) is 75.3 Å². The van der Waals surface area contributed by atoms with Gasteiger partial charge in [-0.05, 0) is 54.5 Å². The number of para-hydroxylation sites is 1. The predicted molar refractivity (Wildman–Crippen MR) is 114 cm³/mol. The van der Waals surface area contributed by atoms with Gasteiger partial charge in [0.2, 0.25) is 15.9 Å². The van der Waals surface area contributed by atoms with Crippen molar-refractivity contribution in [2.75, 3.05) is 11.9 Å². The summed E-state index contributed by atoms with van der Waals surface area (Å²) in [5.41, 5.74) is 4.00. The van der Waals surface area contributed by atoms with Crippen LogP contribution < -0.4 is 10.0 Å². The standard InChI is InChI=1S/C22H30N2O3S/c1-5-15-23-28(26,27)19-12-9-18(10-13-19)11-14-21(25)24-22-17(4)7-6-8-20(22)16(2)3/h6-10,12-13,16,23H,5,11,14-15H2,1-4H3,(H,24,25). The third kappa shape index (κ3) is 5.91. The van der Waals surface area contributed by atoms with Gasteiger partial charge in [0, 0.05) is 18.7 Å². The summed E-state index contributed by atoms with van der Waals surface area (Å²) in [7, 11) is -3.46. The lowest BCUT2D eigenvalue weighted by atomic mass is 9.98. The summed E-state index contributed by atoms with van der Waals surface area (Å²) in [5, 5.41) is 3.04. The zero-order chi connectivity index (χ0) is 20.7. The monoisotopic (exact) mass is 402 g/mol. The largest absolute Gasteiger partial charge is 0.326 e. The van der Waals surface area contributed by atoms with Gasteiger partial charge in [-0.15, -0.1) is 0 Å². The maximum Gasteiger partial charge on any atom is 0.240 e. The van der Waals surface area contributed by atoms with Gasteiger partial charge in [-0.25, -0.2) is 13.1 Å². The van der Waals surface area contributed by atoms with Crippen LogP contribution in [0.2, 0.25) is 0 Å². The van der Waals surface area contributed by atoms with Crippen LogP contribution in [-0.4, -0.2) is 20.9 Å². The molecule has 152 valence electrons. The molecule has 2 rings (SSSR count). The summed E-state index contributed by atoms with van der Waals surface area (Å²) in [6.07, 6.45) is 1.63. The molecule has 0 bridgehead atoms. The molecule has 0 aliphatic rings. The minimum atomic E-state index is -3.46. The average Bonchev–Trinajstić information content (AvgIpc) is 2.66. The molecule has 0 heterocycles. The van der Waals surface area contributed by atoms with E-state index in [-0.39, 0.29) is 10.8 Å². The second-order valence-electron chi connectivity index (χ2n) is 7.28. The van der Waals surface area contributed by atoms with Gasteiger partial charge < -0.3 is 5.32 Å². The number of carbonyl (C=O) groups is 1. The molecule has 0 radical (unpaired) electrons. The third-order valence-electron chi connectivity index (χ3n) is 4.61. The van der Waals surface area contributed by atoms with Crippen LogP contribution in [0.3, 0.4) is 0 Å². The normalized spacial score (nSPS) is 11.6. The number of hydrogen-bond acceptors (Lipinski definition) is 3. The Hall–Kier alpha value is -2.18. The van der Waals surface area contributed by atoms with Gasteiger partial charge in [0.1, 0.15) is 0 Å². The molecular formula is C22H30N2O3S. The van der Waals surface area contributed by atoms with Crippen LogP contribution in [0.25, 0.3) is 0 Å². The fraction of sp³-hybridized carbons (Fsp3) is 0.409. The molecule has 0 spiro atoms. The maximum atomic E-state index is 12.4. The van der Waals surface area contributed by atoms with Crippen molar-refractivity contribution < 1.29 is 13.2 Å². The Labute approximate surface area is 168 Å². The first kappa shape index (κ1) is 22.1. The van der Waals surface area contributed by atoms with Crippen molar-refractivity contribution in [3.8, 4) is 0 Å². The van der Waals surface area contributed by atoms with Crippen LogP contribution in [0, 0.1) is 6.92 Å². The number of sulfonamides is 1. The van der Waals surface area contributed by atoms with E-state index in [2.05, 4.69) is 23.9 Å². The molecule has 0 fully saturated rings. The van der Waals surface area contributed by atoms with Crippen molar-refractivity contribution in [3.05, 3.63) is 59.2 Å². The van der Waals surface area contributed by atoms with Crippen LogP contribution in [0.5, 0.6) is 0 Å². The van der Waals surface area contributed by atoms with Gasteiger partial charge in [0.15, 0.2) is 0 Å². The first-order valence-corrected chi connectivity index (χ1v) is 11.2. The van der Waals surface area contributed by atoms with E-state index in [9.17, 15) is 13.2 Å². The van der Waals surface area contributed by atoms with Gasteiger partial charge in [0.25, 0.3) is 0 Å². The Bertz CT molecular complexity index is 904. The summed E-state index contributed by atoms with van der Waals surface area (Å²) < 4.78 is 26.8. The van der Waals surface area contributed by atoms with Crippen molar-refractivity contribution in [1.82, 2.24) is 4.72 Å². The van der Waals surface area contributed by atoms with Gasteiger partial charge >= 0.3 is 0 Å². The highest BCUT2D eigenvalue weighted by Crippen LogP contribution is 2.27. The molecule has 0 unspecified atom stereocenters. The first-order chi connectivity index (χ1) is 13.2. The Kier molecular flexibility index (Phi) is 7.78. The van der Waals surface area contributed by atoms with Gasteiger partial charge in [-0.2, -0.15) is 0 Å². The highest BCUT2D eigenvalue weighted by molar-refractivity contribution is 7.89. The molecule has 2 aromatic carbocycles. The van der Waals surface area contributed by atoms with E-state index in [1.165, 1.54) is 0 Å². The van der Waals surface area contributed by atoms with E-state index >= 15 is 0 Å². The fourth-order valence-corrected chi connectivity index (χ4v) is 4.09. The molecule has 2 N–H and O–H groups in total. The summed E-state index contributed by atoms with van der Waals surface area (Å²) in [6, 6.07) is 12.7. The molecule has 0 atom stereocenters. The fourth-order valence-electron chi connectivity index (χ4n) is 2.96. The van der Waals surface area contributed by atoms with Crippen LogP contribution >= 0.6 is 0 Å². The van der Waals surface area contributed by atoms with Crippen molar-refractivity contribution in [2.24, 2.45) is 0 Å². The Morgan fingerprint density at radius 3 is 2.36 bits per heavy atom. The molecule has 0 saturated heterocycles. The number of anilines is 1. The zero-order valence-electron chi connectivity index (χ0n) is 17.1. The molecule has 28 heavy (non-hydrogen) atoms. The molecular weight excluding hydrogens is 372 g/mol. The minimum Gasteiger partial charge on any atom is -0.326 e. The van der Waals surface area contributed by atoms with Gasteiger partial charge in [-0.3, -0.25) is 4.79 Å². The number of hydrogen-bond donors (Lipinski definition) is 2. The SMILES string of the molecule is CCCNS(=O)(=O)c1ccc(CCC(=O)Nc2c(C)cccc2C(C)C)cc1.